The van der Waals surface area contributed by atoms with Gasteiger partial charge in [-0.3, -0.25) is 4.79 Å². The third kappa shape index (κ3) is 5.97. The number of benzene rings is 2. The first kappa shape index (κ1) is 23.5. The molecular weight excluding hydrogens is 380 g/mol. The molecule has 0 fully saturated rings. The normalized spacial score (nSPS) is 12.5. The first-order valence-corrected chi connectivity index (χ1v) is 8.84. The van der Waals surface area contributed by atoms with Gasteiger partial charge in [-0.25, -0.2) is 4.79 Å². The van der Waals surface area contributed by atoms with Crippen LogP contribution in [0.5, 0.6) is 5.75 Å². The van der Waals surface area contributed by atoms with E-state index >= 15 is 0 Å². The molecule has 2 aromatic carbocycles. The lowest BCUT2D eigenvalue weighted by Crippen LogP contribution is -2.30. The molecule has 28 heavy (non-hydrogen) atoms. The molecule has 6 nitrogen and oxygen atoms in total. The van der Waals surface area contributed by atoms with Crippen LogP contribution in [0.15, 0.2) is 48.5 Å². The maximum Gasteiger partial charge on any atom is 0.337 e. The molecule has 2 rings (SSSR count). The van der Waals surface area contributed by atoms with Crippen LogP contribution in [0.4, 0.5) is 5.69 Å². The largest absolute Gasteiger partial charge is 0.489 e. The molecule has 0 aliphatic heterocycles. The zero-order chi connectivity index (χ0) is 20.0. The molecule has 1 amide bonds. The highest BCUT2D eigenvalue weighted by Crippen LogP contribution is 2.29. The molecule has 3 N–H and O–H groups in total. The Balaban J connectivity index is 0.00000392. The van der Waals surface area contributed by atoms with Crippen LogP contribution in [0.3, 0.4) is 0 Å². The number of methoxy groups -OCH3 is 1. The number of carbonyl (C=O) groups excluding carboxylic acids is 2. The van der Waals surface area contributed by atoms with Crippen LogP contribution >= 0.6 is 12.4 Å². The van der Waals surface area contributed by atoms with Crippen LogP contribution in [-0.2, 0) is 9.53 Å². The number of amides is 1. The summed E-state index contributed by atoms with van der Waals surface area (Å²) in [7, 11) is 1.31. The Morgan fingerprint density at radius 3 is 2.25 bits per heavy atom. The second-order valence-electron chi connectivity index (χ2n) is 6.58. The predicted molar refractivity (Wildman–Crippen MR) is 112 cm³/mol. The summed E-state index contributed by atoms with van der Waals surface area (Å²) in [6, 6.07) is 13.8. The van der Waals surface area contributed by atoms with E-state index in [1.54, 1.807) is 25.1 Å². The molecule has 0 bridgehead atoms. The quantitative estimate of drug-likeness (QED) is 0.679. The van der Waals surface area contributed by atoms with E-state index in [9.17, 15) is 9.59 Å². The van der Waals surface area contributed by atoms with Crippen molar-refractivity contribution in [2.45, 2.75) is 32.9 Å². The van der Waals surface area contributed by atoms with Crippen LogP contribution in [0, 0.1) is 5.92 Å². The molecule has 0 aromatic heterocycles. The van der Waals surface area contributed by atoms with Gasteiger partial charge >= 0.3 is 5.97 Å². The van der Waals surface area contributed by atoms with Crippen LogP contribution in [0.1, 0.15) is 42.7 Å². The van der Waals surface area contributed by atoms with Crippen molar-refractivity contribution in [2.75, 3.05) is 12.4 Å². The molecule has 152 valence electrons. The van der Waals surface area contributed by atoms with Gasteiger partial charge in [0.2, 0.25) is 5.91 Å². The van der Waals surface area contributed by atoms with Crippen molar-refractivity contribution in [3.8, 4) is 5.75 Å². The number of carbonyl (C=O) groups is 2. The fraction of sp³-hybridized carbons (Fsp3) is 0.333. The molecule has 0 aliphatic rings. The molecule has 2 atom stereocenters. The van der Waals surface area contributed by atoms with E-state index in [-0.39, 0.29) is 24.4 Å². The third-order valence-electron chi connectivity index (χ3n) is 4.16. The SMILES string of the molecule is COC(=O)c1ccc(OC(C)C)c(NC(=O)C(C)C(N)c2ccccc2)c1.Cl. The summed E-state index contributed by atoms with van der Waals surface area (Å²) in [6.45, 7) is 5.53. The van der Waals surface area contributed by atoms with E-state index in [1.807, 2.05) is 44.2 Å². The monoisotopic (exact) mass is 406 g/mol. The van der Waals surface area contributed by atoms with E-state index in [1.165, 1.54) is 7.11 Å². The lowest BCUT2D eigenvalue weighted by molar-refractivity contribution is -0.120. The van der Waals surface area contributed by atoms with Gasteiger partial charge in [-0.05, 0) is 37.6 Å². The zero-order valence-corrected chi connectivity index (χ0v) is 17.3. The first-order valence-electron chi connectivity index (χ1n) is 8.84. The fourth-order valence-corrected chi connectivity index (χ4v) is 2.60. The van der Waals surface area contributed by atoms with Crippen molar-refractivity contribution >= 4 is 30.0 Å². The highest BCUT2D eigenvalue weighted by Gasteiger charge is 2.23. The molecule has 2 unspecified atom stereocenters. The molecule has 0 aliphatic carbocycles. The minimum absolute atomic E-state index is 0. The van der Waals surface area contributed by atoms with Crippen LogP contribution in [-0.4, -0.2) is 25.1 Å². The summed E-state index contributed by atoms with van der Waals surface area (Å²) in [5.74, 6) is -0.759. The summed E-state index contributed by atoms with van der Waals surface area (Å²) in [5, 5.41) is 2.83. The molecule has 7 heteroatoms. The molecule has 0 radical (unpaired) electrons. The van der Waals surface area contributed by atoms with Gasteiger partial charge in [-0.1, -0.05) is 37.3 Å². The lowest BCUT2D eigenvalue weighted by Gasteiger charge is -2.21. The fourth-order valence-electron chi connectivity index (χ4n) is 2.60. The number of nitrogens with one attached hydrogen (secondary N) is 1. The Bertz CT molecular complexity index is 796. The molecule has 2 aromatic rings. The van der Waals surface area contributed by atoms with Gasteiger partial charge in [-0.15, -0.1) is 12.4 Å². The second-order valence-corrected chi connectivity index (χ2v) is 6.58. The highest BCUT2D eigenvalue weighted by molar-refractivity contribution is 5.97. The number of nitrogens with two attached hydrogens (primary N) is 1. The molecular formula is C21H27ClN2O4. The van der Waals surface area contributed by atoms with Gasteiger partial charge in [0.05, 0.1) is 30.4 Å². The molecule has 0 spiro atoms. The maximum absolute atomic E-state index is 12.8. The number of hydrogen-bond acceptors (Lipinski definition) is 5. The van der Waals surface area contributed by atoms with E-state index < -0.39 is 17.9 Å². The van der Waals surface area contributed by atoms with Gasteiger partial charge in [-0.2, -0.15) is 0 Å². The van der Waals surface area contributed by atoms with Gasteiger partial charge in [0, 0.05) is 6.04 Å². The van der Waals surface area contributed by atoms with Crippen molar-refractivity contribution in [2.24, 2.45) is 11.7 Å². The Hall–Kier alpha value is -2.57. The Morgan fingerprint density at radius 2 is 1.68 bits per heavy atom. The number of halogens is 1. The summed E-state index contributed by atoms with van der Waals surface area (Å²) < 4.78 is 10.5. The van der Waals surface area contributed by atoms with Crippen molar-refractivity contribution in [1.82, 2.24) is 0 Å². The summed E-state index contributed by atoms with van der Waals surface area (Å²) >= 11 is 0. The number of rotatable bonds is 7. The van der Waals surface area contributed by atoms with Crippen molar-refractivity contribution < 1.29 is 19.1 Å². The van der Waals surface area contributed by atoms with Crippen LogP contribution in [0.2, 0.25) is 0 Å². The number of esters is 1. The standard InChI is InChI=1S/C21H26N2O4.ClH/c1-13(2)27-18-11-10-16(21(25)26-4)12-17(18)23-20(24)14(3)19(22)15-8-6-5-7-9-15;/h5-14,19H,22H2,1-4H3,(H,23,24);1H. The number of ether oxygens (including phenoxy) is 2. The highest BCUT2D eigenvalue weighted by atomic mass is 35.5. The smallest absolute Gasteiger partial charge is 0.337 e. The first-order chi connectivity index (χ1) is 12.8. The summed E-state index contributed by atoms with van der Waals surface area (Å²) in [6.07, 6.45) is -0.0892. The van der Waals surface area contributed by atoms with Crippen LogP contribution in [0.25, 0.3) is 0 Å². The van der Waals surface area contributed by atoms with E-state index in [2.05, 4.69) is 5.32 Å². The number of anilines is 1. The van der Waals surface area contributed by atoms with E-state index in [0.717, 1.165) is 5.56 Å². The van der Waals surface area contributed by atoms with Gasteiger partial charge in [0.25, 0.3) is 0 Å². The summed E-state index contributed by atoms with van der Waals surface area (Å²) in [5.41, 5.74) is 7.85. The Labute approximate surface area is 171 Å². The molecule has 0 saturated carbocycles. The molecule has 0 heterocycles. The average molecular weight is 407 g/mol. The topological polar surface area (TPSA) is 90.6 Å². The van der Waals surface area contributed by atoms with Crippen molar-refractivity contribution in [1.29, 1.82) is 0 Å². The van der Waals surface area contributed by atoms with Gasteiger partial charge < -0.3 is 20.5 Å². The minimum atomic E-state index is -0.490. The average Bonchev–Trinajstić information content (AvgIpc) is 2.67. The summed E-state index contributed by atoms with van der Waals surface area (Å²) in [4.78, 5) is 24.6. The van der Waals surface area contributed by atoms with Crippen molar-refractivity contribution in [3.05, 3.63) is 59.7 Å². The number of hydrogen-bond donors (Lipinski definition) is 2. The maximum atomic E-state index is 12.8. The third-order valence-corrected chi connectivity index (χ3v) is 4.16. The lowest BCUT2D eigenvalue weighted by atomic mass is 9.94. The second kappa shape index (κ2) is 10.7. The van der Waals surface area contributed by atoms with Gasteiger partial charge in [0.15, 0.2) is 0 Å². The predicted octanol–water partition coefficient (Wildman–Crippen LogP) is 3.96. The van der Waals surface area contributed by atoms with Gasteiger partial charge in [0.1, 0.15) is 5.75 Å². The minimum Gasteiger partial charge on any atom is -0.489 e. The van der Waals surface area contributed by atoms with Crippen LogP contribution < -0.4 is 15.8 Å². The van der Waals surface area contributed by atoms with Crippen molar-refractivity contribution in [3.63, 3.8) is 0 Å². The Morgan fingerprint density at radius 1 is 1.04 bits per heavy atom. The zero-order valence-electron chi connectivity index (χ0n) is 16.5. The molecule has 0 saturated heterocycles. The van der Waals surface area contributed by atoms with E-state index in [4.69, 9.17) is 15.2 Å². The van der Waals surface area contributed by atoms with E-state index in [0.29, 0.717) is 17.0 Å². The Kier molecular flexibility index (Phi) is 8.96.